The molecule has 1 saturated heterocycles. The average molecular weight is 133 g/mol. The molecule has 3 nitrogen and oxygen atoms in total. The molecule has 0 aromatic heterocycles. The van der Waals surface area contributed by atoms with Crippen LogP contribution < -0.4 is 0 Å². The zero-order chi connectivity index (χ0) is 3.70. The molecule has 0 aromatic carbocycles. The first-order chi connectivity index (χ1) is 2.39. The van der Waals surface area contributed by atoms with Crippen LogP contribution in [-0.4, -0.2) is 22.3 Å². The van der Waals surface area contributed by atoms with Crippen LogP contribution in [-0.2, 0) is 7.53 Å². The van der Waals surface area contributed by atoms with Gasteiger partial charge in [0.05, 0.1) is 0 Å². The van der Waals surface area contributed by atoms with Gasteiger partial charge in [-0.3, -0.25) is 0 Å². The monoisotopic (exact) mass is 134 g/mol. The summed E-state index contributed by atoms with van der Waals surface area (Å²) in [6.07, 6.45) is -0.509. The molecule has 26 valence electrons. The minimum absolute atomic E-state index is 0.509. The van der Waals surface area contributed by atoms with E-state index in [0.717, 1.165) is 0 Å². The van der Waals surface area contributed by atoms with Gasteiger partial charge in [0.2, 0.25) is 0 Å². The molecule has 0 saturated carbocycles. The van der Waals surface area contributed by atoms with E-state index in [1.807, 2.05) is 0 Å². The molecule has 2 radical (unpaired) electrons. The Morgan fingerprint density at radius 1 is 1.60 bits per heavy atom. The average Bonchev–Trinajstić information content (AvgIpc) is 1.30. The fraction of sp³-hybridized carbons (Fsp3) is 0. The quantitative estimate of drug-likeness (QED) is 0.424. The third-order valence-corrected chi connectivity index (χ3v) is 1.30. The van der Waals surface area contributed by atoms with Crippen molar-refractivity contribution < 1.29 is 12.3 Å². The Morgan fingerprint density at radius 2 is 2.00 bits per heavy atom. The molecule has 0 aromatic rings. The summed E-state index contributed by atoms with van der Waals surface area (Å²) in [5.41, 5.74) is 0. The first-order valence-electron chi connectivity index (χ1n) is 1.02. The van der Waals surface area contributed by atoms with Crippen LogP contribution in [0.2, 0.25) is 0 Å². The van der Waals surface area contributed by atoms with Crippen LogP contribution >= 0.6 is 0 Å². The fourth-order valence-corrected chi connectivity index (χ4v) is 0.393. The molecule has 0 atom stereocenters. The molecule has 0 bridgehead atoms. The first kappa shape index (κ1) is 3.02. The second-order valence-corrected chi connectivity index (χ2v) is 1.74. The topological polar surface area (TPSA) is 35.5 Å². The van der Waals surface area contributed by atoms with E-state index in [1.54, 1.807) is 0 Å². The van der Waals surface area contributed by atoms with Crippen molar-refractivity contribution in [2.24, 2.45) is 0 Å². The van der Waals surface area contributed by atoms with Crippen molar-refractivity contribution in [3.63, 3.8) is 0 Å². The van der Waals surface area contributed by atoms with Gasteiger partial charge in [-0.25, -0.2) is 0 Å². The van der Waals surface area contributed by atoms with Crippen molar-refractivity contribution in [1.82, 2.24) is 0 Å². The number of rotatable bonds is 0. The number of hydrogen-bond donors (Lipinski definition) is 0. The van der Waals surface area contributed by atoms with Gasteiger partial charge < -0.3 is 0 Å². The van der Waals surface area contributed by atoms with Crippen LogP contribution in [0.1, 0.15) is 0 Å². The van der Waals surface area contributed by atoms with E-state index < -0.39 is 22.3 Å². The van der Waals surface area contributed by atoms with Crippen molar-refractivity contribution in [3.05, 3.63) is 0 Å². The Balaban J connectivity index is 2.32. The van der Waals surface area contributed by atoms with Crippen LogP contribution in [0.25, 0.3) is 0 Å². The molecule has 1 aliphatic rings. The molecule has 0 spiro atoms. The molecule has 5 heavy (non-hydrogen) atoms. The van der Waals surface area contributed by atoms with Crippen LogP contribution in [0.5, 0.6) is 0 Å². The normalized spacial score (nSPS) is 18.8. The fourth-order valence-electron chi connectivity index (χ4n) is 0.0757. The third-order valence-electron chi connectivity index (χ3n) is 0.250. The van der Waals surface area contributed by atoms with Crippen molar-refractivity contribution >= 4 is 22.3 Å². The Labute approximate surface area is 35.4 Å². The van der Waals surface area contributed by atoms with Crippen molar-refractivity contribution in [1.29, 1.82) is 0 Å². The van der Waals surface area contributed by atoms with E-state index in [9.17, 15) is 4.79 Å². The molecular weight excluding hydrogens is 133 g/mol. The maximum atomic E-state index is 9.49. The first-order valence-corrected chi connectivity index (χ1v) is 2.73. The Morgan fingerprint density at radius 3 is 2.00 bits per heavy atom. The molecule has 1 rings (SSSR count). The van der Waals surface area contributed by atoms with Gasteiger partial charge in [0.1, 0.15) is 0 Å². The molecular formula is CGeO3. The van der Waals surface area contributed by atoms with Gasteiger partial charge in [-0.15, -0.1) is 0 Å². The van der Waals surface area contributed by atoms with Gasteiger partial charge in [0.25, 0.3) is 0 Å². The van der Waals surface area contributed by atoms with Crippen LogP contribution in [0.3, 0.4) is 0 Å². The summed E-state index contributed by atoms with van der Waals surface area (Å²) < 4.78 is 8.39. The molecule has 0 N–H and O–H groups in total. The molecule has 0 unspecified atom stereocenters. The van der Waals surface area contributed by atoms with Crippen molar-refractivity contribution in [3.8, 4) is 0 Å². The van der Waals surface area contributed by atoms with Gasteiger partial charge in [-0.2, -0.15) is 0 Å². The Hall–Kier alpha value is -0.187. The standard InChI is InChI=1S/CGeO3/c3-1-4-2-5-1. The summed E-state index contributed by atoms with van der Waals surface area (Å²) in [5, 5.41) is 0. The number of carbonyl (C=O) groups excluding carboxylic acids is 1. The molecule has 0 amide bonds. The third kappa shape index (κ3) is 0.371. The molecule has 1 heterocycles. The van der Waals surface area contributed by atoms with Crippen molar-refractivity contribution in [2.75, 3.05) is 0 Å². The van der Waals surface area contributed by atoms with Gasteiger partial charge in [-0.05, 0) is 0 Å². The van der Waals surface area contributed by atoms with E-state index >= 15 is 0 Å². The predicted molar refractivity (Wildman–Crippen MR) is 13.3 cm³/mol. The molecule has 1 aliphatic heterocycles. The zero-order valence-corrected chi connectivity index (χ0v) is 4.32. The second kappa shape index (κ2) is 0.893. The number of carbonyl (C=O) groups is 1. The SMILES string of the molecule is O=C1[O][Ge][O]1. The predicted octanol–water partition coefficient (Wildman–Crippen LogP) is -0.313. The van der Waals surface area contributed by atoms with Crippen LogP contribution in [0.4, 0.5) is 4.79 Å². The molecule has 1 fully saturated rings. The summed E-state index contributed by atoms with van der Waals surface area (Å²) in [6, 6.07) is 0. The summed E-state index contributed by atoms with van der Waals surface area (Å²) in [7, 11) is 0. The molecule has 4 heteroatoms. The van der Waals surface area contributed by atoms with Gasteiger partial charge >= 0.3 is 34.6 Å². The van der Waals surface area contributed by atoms with E-state index in [-0.39, 0.29) is 0 Å². The summed E-state index contributed by atoms with van der Waals surface area (Å²) >= 11 is -0.699. The van der Waals surface area contributed by atoms with E-state index in [2.05, 4.69) is 7.53 Å². The minimum atomic E-state index is -0.699. The van der Waals surface area contributed by atoms with E-state index in [4.69, 9.17) is 0 Å². The second-order valence-electron chi connectivity index (χ2n) is 0.537. The molecule has 0 aliphatic carbocycles. The van der Waals surface area contributed by atoms with Gasteiger partial charge in [0, 0.05) is 0 Å². The Kier molecular flexibility index (Phi) is 0.539. The van der Waals surface area contributed by atoms with Gasteiger partial charge in [-0.1, -0.05) is 0 Å². The summed E-state index contributed by atoms with van der Waals surface area (Å²) in [4.78, 5) is 9.49. The van der Waals surface area contributed by atoms with Crippen LogP contribution in [0, 0.1) is 0 Å². The summed E-state index contributed by atoms with van der Waals surface area (Å²) in [6.45, 7) is 0. The van der Waals surface area contributed by atoms with Gasteiger partial charge in [0.15, 0.2) is 0 Å². The van der Waals surface area contributed by atoms with Crippen LogP contribution in [0.15, 0.2) is 0 Å². The number of hydrogen-bond acceptors (Lipinski definition) is 3. The van der Waals surface area contributed by atoms with E-state index in [1.165, 1.54) is 0 Å². The Bertz CT molecular complexity index is 53.9. The zero-order valence-electron chi connectivity index (χ0n) is 2.22. The van der Waals surface area contributed by atoms with Crippen molar-refractivity contribution in [2.45, 2.75) is 0 Å². The maximum absolute atomic E-state index is 9.49. The summed E-state index contributed by atoms with van der Waals surface area (Å²) in [5.74, 6) is 0. The van der Waals surface area contributed by atoms with E-state index in [0.29, 0.717) is 0 Å².